The number of anilines is 2. The van der Waals surface area contributed by atoms with Crippen molar-refractivity contribution in [1.29, 1.82) is 0 Å². The molecule has 0 aliphatic rings. The van der Waals surface area contributed by atoms with E-state index in [-0.39, 0.29) is 17.4 Å². The van der Waals surface area contributed by atoms with Crippen LogP contribution in [0, 0.1) is 6.92 Å². The van der Waals surface area contributed by atoms with Crippen molar-refractivity contribution in [3.8, 4) is 6.01 Å². The minimum Gasteiger partial charge on any atom is -0.461 e. The normalized spacial score (nSPS) is 10.7. The monoisotopic (exact) mass is 292 g/mol. The van der Waals surface area contributed by atoms with E-state index in [1.54, 1.807) is 0 Å². The van der Waals surface area contributed by atoms with E-state index in [1.165, 1.54) is 0 Å². The Morgan fingerprint density at radius 2 is 1.95 bits per heavy atom. The Labute approximate surface area is 123 Å². The molecule has 0 fully saturated rings. The molecule has 0 saturated heterocycles. The molecule has 0 unspecified atom stereocenters. The van der Waals surface area contributed by atoms with E-state index in [2.05, 4.69) is 15.0 Å². The quantitative estimate of drug-likeness (QED) is 0.864. The predicted octanol–water partition coefficient (Wildman–Crippen LogP) is 3.39. The first-order chi connectivity index (χ1) is 9.45. The maximum absolute atomic E-state index is 5.93. The van der Waals surface area contributed by atoms with Crippen LogP contribution < -0.4 is 9.64 Å². The molecule has 1 heterocycles. The van der Waals surface area contributed by atoms with E-state index in [9.17, 15) is 0 Å². The van der Waals surface area contributed by atoms with E-state index in [0.29, 0.717) is 5.95 Å². The molecule has 0 bridgehead atoms. The number of aryl methyl sites for hydroxylation is 1. The fraction of sp³-hybridized carbons (Fsp3) is 0.357. The van der Waals surface area contributed by atoms with Gasteiger partial charge in [0.05, 0.1) is 6.10 Å². The molecule has 0 radical (unpaired) electrons. The minimum atomic E-state index is -0.0226. The van der Waals surface area contributed by atoms with Crippen LogP contribution in [0.25, 0.3) is 0 Å². The second kappa shape index (κ2) is 6.05. The number of rotatable bonds is 4. The lowest BCUT2D eigenvalue weighted by atomic mass is 10.2. The third-order valence-corrected chi connectivity index (χ3v) is 2.77. The van der Waals surface area contributed by atoms with Crippen LogP contribution >= 0.6 is 11.6 Å². The summed E-state index contributed by atoms with van der Waals surface area (Å²) < 4.78 is 5.47. The number of aromatic nitrogens is 3. The van der Waals surface area contributed by atoms with Gasteiger partial charge in [0.2, 0.25) is 11.2 Å². The second-order valence-corrected chi connectivity index (χ2v) is 5.09. The summed E-state index contributed by atoms with van der Waals surface area (Å²) >= 11 is 5.93. The maximum atomic E-state index is 5.93. The molecule has 6 heteroatoms. The summed E-state index contributed by atoms with van der Waals surface area (Å²) in [5, 5.41) is 0.116. The molecule has 0 amide bonds. The van der Waals surface area contributed by atoms with Crippen LogP contribution in [0.3, 0.4) is 0 Å². The van der Waals surface area contributed by atoms with Crippen LogP contribution in [-0.4, -0.2) is 28.1 Å². The third-order valence-electron chi connectivity index (χ3n) is 2.61. The Hall–Kier alpha value is -1.88. The van der Waals surface area contributed by atoms with Gasteiger partial charge in [-0.25, -0.2) is 0 Å². The fourth-order valence-electron chi connectivity index (χ4n) is 1.69. The molecule has 0 aliphatic heterocycles. The summed E-state index contributed by atoms with van der Waals surface area (Å²) in [6, 6.07) is 8.27. The minimum absolute atomic E-state index is 0.0226. The molecule has 0 atom stereocenters. The lowest BCUT2D eigenvalue weighted by Gasteiger charge is -2.18. The molecule has 0 spiro atoms. The molecule has 20 heavy (non-hydrogen) atoms. The lowest BCUT2D eigenvalue weighted by Crippen LogP contribution is -2.16. The number of hydrogen-bond acceptors (Lipinski definition) is 5. The summed E-state index contributed by atoms with van der Waals surface area (Å²) in [5.41, 5.74) is 2.14. The number of hydrogen-bond donors (Lipinski definition) is 0. The van der Waals surface area contributed by atoms with Gasteiger partial charge in [-0.05, 0) is 50.1 Å². The van der Waals surface area contributed by atoms with E-state index in [1.807, 2.05) is 57.0 Å². The van der Waals surface area contributed by atoms with Crippen molar-refractivity contribution in [2.75, 3.05) is 11.9 Å². The van der Waals surface area contributed by atoms with Gasteiger partial charge in [-0.2, -0.15) is 15.0 Å². The zero-order valence-corrected chi connectivity index (χ0v) is 12.7. The molecule has 1 aromatic carbocycles. The van der Waals surface area contributed by atoms with Gasteiger partial charge in [-0.15, -0.1) is 0 Å². The Balaban J connectivity index is 2.34. The van der Waals surface area contributed by atoms with Crippen molar-refractivity contribution < 1.29 is 4.74 Å². The molecule has 0 N–H and O–H groups in total. The number of halogens is 1. The van der Waals surface area contributed by atoms with Gasteiger partial charge in [-0.3, -0.25) is 0 Å². The standard InChI is InChI=1S/C14H17ClN4O/c1-9(2)20-14-17-12(15)16-13(18-14)19(4)11-7-5-6-10(3)8-11/h5-9H,1-4H3. The molecule has 0 saturated carbocycles. The second-order valence-electron chi connectivity index (χ2n) is 4.75. The van der Waals surface area contributed by atoms with Crippen molar-refractivity contribution >= 4 is 23.2 Å². The third kappa shape index (κ3) is 3.57. The fourth-order valence-corrected chi connectivity index (χ4v) is 1.84. The highest BCUT2D eigenvalue weighted by molar-refractivity contribution is 6.28. The summed E-state index contributed by atoms with van der Waals surface area (Å²) in [6.45, 7) is 5.84. The highest BCUT2D eigenvalue weighted by atomic mass is 35.5. The van der Waals surface area contributed by atoms with Crippen molar-refractivity contribution in [1.82, 2.24) is 15.0 Å². The molecule has 106 valence electrons. The van der Waals surface area contributed by atoms with E-state index >= 15 is 0 Å². The van der Waals surface area contributed by atoms with Gasteiger partial charge in [-0.1, -0.05) is 12.1 Å². The van der Waals surface area contributed by atoms with Crippen LogP contribution in [0.1, 0.15) is 19.4 Å². The average molecular weight is 293 g/mol. The first-order valence-corrected chi connectivity index (χ1v) is 6.72. The molecular formula is C14H17ClN4O. The summed E-state index contributed by atoms with van der Waals surface area (Å²) in [6.07, 6.45) is -0.0226. The van der Waals surface area contributed by atoms with Crippen LogP contribution in [0.4, 0.5) is 11.6 Å². The van der Waals surface area contributed by atoms with E-state index in [0.717, 1.165) is 11.3 Å². The number of nitrogens with zero attached hydrogens (tertiary/aromatic N) is 4. The SMILES string of the molecule is Cc1cccc(N(C)c2nc(Cl)nc(OC(C)C)n2)c1. The van der Waals surface area contributed by atoms with Crippen LogP contribution in [0.15, 0.2) is 24.3 Å². The topological polar surface area (TPSA) is 51.1 Å². The van der Waals surface area contributed by atoms with Crippen LogP contribution in [-0.2, 0) is 0 Å². The molecule has 2 aromatic rings. The highest BCUT2D eigenvalue weighted by Crippen LogP contribution is 2.23. The smallest absolute Gasteiger partial charge is 0.322 e. The van der Waals surface area contributed by atoms with Gasteiger partial charge in [0.1, 0.15) is 0 Å². The van der Waals surface area contributed by atoms with Crippen LogP contribution in [0.5, 0.6) is 6.01 Å². The van der Waals surface area contributed by atoms with Crippen molar-refractivity contribution in [3.63, 3.8) is 0 Å². The van der Waals surface area contributed by atoms with Crippen LogP contribution in [0.2, 0.25) is 5.28 Å². The first kappa shape index (κ1) is 14.5. The van der Waals surface area contributed by atoms with E-state index in [4.69, 9.17) is 16.3 Å². The van der Waals surface area contributed by atoms with E-state index < -0.39 is 0 Å². The zero-order chi connectivity index (χ0) is 14.7. The molecule has 1 aromatic heterocycles. The Kier molecular flexibility index (Phi) is 4.39. The van der Waals surface area contributed by atoms with Gasteiger partial charge < -0.3 is 9.64 Å². The Morgan fingerprint density at radius 1 is 1.20 bits per heavy atom. The Bertz CT molecular complexity index is 603. The average Bonchev–Trinajstić information content (AvgIpc) is 2.36. The summed E-state index contributed by atoms with van der Waals surface area (Å²) in [4.78, 5) is 14.2. The molecule has 2 rings (SSSR count). The lowest BCUT2D eigenvalue weighted by molar-refractivity contribution is 0.221. The van der Waals surface area contributed by atoms with Gasteiger partial charge in [0.15, 0.2) is 0 Å². The summed E-state index contributed by atoms with van der Waals surface area (Å²) in [7, 11) is 1.87. The molecule has 5 nitrogen and oxygen atoms in total. The Morgan fingerprint density at radius 3 is 2.60 bits per heavy atom. The molecular weight excluding hydrogens is 276 g/mol. The van der Waals surface area contributed by atoms with Gasteiger partial charge in [0, 0.05) is 12.7 Å². The zero-order valence-electron chi connectivity index (χ0n) is 12.0. The highest BCUT2D eigenvalue weighted by Gasteiger charge is 2.12. The number of ether oxygens (including phenoxy) is 1. The van der Waals surface area contributed by atoms with Crippen molar-refractivity contribution in [3.05, 3.63) is 35.1 Å². The van der Waals surface area contributed by atoms with Crippen molar-refractivity contribution in [2.45, 2.75) is 26.9 Å². The van der Waals surface area contributed by atoms with Gasteiger partial charge >= 0.3 is 6.01 Å². The maximum Gasteiger partial charge on any atom is 0.322 e. The van der Waals surface area contributed by atoms with Crippen molar-refractivity contribution in [2.24, 2.45) is 0 Å². The first-order valence-electron chi connectivity index (χ1n) is 6.34. The largest absolute Gasteiger partial charge is 0.461 e. The predicted molar refractivity (Wildman–Crippen MR) is 79.8 cm³/mol. The number of benzene rings is 1. The molecule has 0 aliphatic carbocycles. The summed E-state index contributed by atoms with van der Waals surface area (Å²) in [5.74, 6) is 0.450. The van der Waals surface area contributed by atoms with Gasteiger partial charge in [0.25, 0.3) is 0 Å².